The number of hydrogen-bond acceptors (Lipinski definition) is 2. The van der Waals surface area contributed by atoms with Crippen LogP contribution >= 0.6 is 35.6 Å². The maximum absolute atomic E-state index is 6.14. The van der Waals surface area contributed by atoms with Crippen LogP contribution in [0, 0.1) is 18.8 Å². The van der Waals surface area contributed by atoms with E-state index in [9.17, 15) is 0 Å². The molecule has 4 nitrogen and oxygen atoms in total. The molecule has 3 N–H and O–H groups in total. The molecule has 0 radical (unpaired) electrons. The van der Waals surface area contributed by atoms with Crippen LogP contribution in [0.3, 0.4) is 0 Å². The first-order valence-corrected chi connectivity index (χ1v) is 9.04. The molecule has 0 bridgehead atoms. The van der Waals surface area contributed by atoms with Crippen molar-refractivity contribution in [2.45, 2.75) is 32.6 Å². The summed E-state index contributed by atoms with van der Waals surface area (Å²) in [6, 6.07) is 6.11. The van der Waals surface area contributed by atoms with Crippen LogP contribution in [0.25, 0.3) is 0 Å². The van der Waals surface area contributed by atoms with Crippen LogP contribution < -0.4 is 16.0 Å². The molecule has 24 heavy (non-hydrogen) atoms. The predicted molar refractivity (Wildman–Crippen MR) is 114 cm³/mol. The Kier molecular flexibility index (Phi) is 7.47. The summed E-state index contributed by atoms with van der Waals surface area (Å²) in [6.45, 7) is 6.02. The predicted octanol–water partition coefficient (Wildman–Crippen LogP) is 3.80. The number of nitrogens with one attached hydrogen (secondary N) is 1. The summed E-state index contributed by atoms with van der Waals surface area (Å²) in [5.74, 6) is 1.98. The van der Waals surface area contributed by atoms with Crippen LogP contribution in [0.2, 0.25) is 5.02 Å². The molecular formula is C18H28ClIN4. The van der Waals surface area contributed by atoms with E-state index >= 15 is 0 Å². The molecule has 1 atom stereocenters. The Balaban J connectivity index is 0.00000208. The number of nitrogens with two attached hydrogens (primary N) is 1. The Morgan fingerprint density at radius 2 is 2.12 bits per heavy atom. The van der Waals surface area contributed by atoms with E-state index in [4.69, 9.17) is 17.3 Å². The summed E-state index contributed by atoms with van der Waals surface area (Å²) >= 11 is 6.14. The molecule has 0 spiro atoms. The largest absolute Gasteiger partial charge is 0.371 e. The van der Waals surface area contributed by atoms with E-state index in [1.54, 1.807) is 0 Å². The smallest absolute Gasteiger partial charge is 0.188 e. The number of aryl methyl sites for hydroxylation is 1. The van der Waals surface area contributed by atoms with Gasteiger partial charge in [0.1, 0.15) is 0 Å². The van der Waals surface area contributed by atoms with Crippen LogP contribution in [0.15, 0.2) is 23.2 Å². The maximum atomic E-state index is 6.14. The molecule has 3 rings (SSSR count). The molecule has 1 aliphatic heterocycles. The number of guanidine groups is 1. The molecule has 1 aromatic carbocycles. The Hall–Kier alpha value is -0.690. The van der Waals surface area contributed by atoms with Crippen molar-refractivity contribution >= 4 is 47.2 Å². The van der Waals surface area contributed by atoms with Gasteiger partial charge < -0.3 is 16.0 Å². The molecule has 1 aromatic rings. The highest BCUT2D eigenvalue weighted by Gasteiger charge is 2.23. The van der Waals surface area contributed by atoms with Gasteiger partial charge in [-0.3, -0.25) is 4.99 Å². The summed E-state index contributed by atoms with van der Waals surface area (Å²) in [5, 5.41) is 4.07. The van der Waals surface area contributed by atoms with Crippen molar-refractivity contribution in [2.24, 2.45) is 22.6 Å². The van der Waals surface area contributed by atoms with E-state index in [1.807, 2.05) is 6.07 Å². The SMILES string of the molecule is Cc1ccc(Cl)cc1N1CCC(CN=C(N)NCC2CCC2)C1.I. The summed E-state index contributed by atoms with van der Waals surface area (Å²) in [5.41, 5.74) is 8.50. The lowest BCUT2D eigenvalue weighted by molar-refractivity contribution is 0.315. The number of anilines is 1. The fraction of sp³-hybridized carbons (Fsp3) is 0.611. The average Bonchev–Trinajstić information content (AvgIpc) is 2.95. The number of nitrogens with zero attached hydrogens (tertiary/aromatic N) is 2. The van der Waals surface area contributed by atoms with Gasteiger partial charge in [0.05, 0.1) is 0 Å². The summed E-state index contributed by atoms with van der Waals surface area (Å²) < 4.78 is 0. The summed E-state index contributed by atoms with van der Waals surface area (Å²) in [6.07, 6.45) is 5.18. The zero-order valence-electron chi connectivity index (χ0n) is 14.3. The van der Waals surface area contributed by atoms with Gasteiger partial charge in [0.15, 0.2) is 5.96 Å². The van der Waals surface area contributed by atoms with E-state index < -0.39 is 0 Å². The lowest BCUT2D eigenvalue weighted by Crippen LogP contribution is -2.37. The minimum absolute atomic E-state index is 0. The monoisotopic (exact) mass is 462 g/mol. The Morgan fingerprint density at radius 1 is 1.33 bits per heavy atom. The second-order valence-corrected chi connectivity index (χ2v) is 7.37. The number of aliphatic imine (C=N–C) groups is 1. The van der Waals surface area contributed by atoms with Crippen LogP contribution in [0.1, 0.15) is 31.2 Å². The molecule has 6 heteroatoms. The lowest BCUT2D eigenvalue weighted by atomic mass is 9.85. The van der Waals surface area contributed by atoms with Crippen molar-refractivity contribution < 1.29 is 0 Å². The fourth-order valence-corrected chi connectivity index (χ4v) is 3.52. The molecule has 2 aliphatic rings. The second-order valence-electron chi connectivity index (χ2n) is 6.94. The summed E-state index contributed by atoms with van der Waals surface area (Å²) in [7, 11) is 0. The van der Waals surface area contributed by atoms with Crippen molar-refractivity contribution in [3.63, 3.8) is 0 Å². The van der Waals surface area contributed by atoms with Gasteiger partial charge in [-0.1, -0.05) is 24.1 Å². The molecule has 1 heterocycles. The third-order valence-corrected chi connectivity index (χ3v) is 5.35. The highest BCUT2D eigenvalue weighted by Crippen LogP contribution is 2.29. The van der Waals surface area contributed by atoms with Gasteiger partial charge in [-0.15, -0.1) is 24.0 Å². The first kappa shape index (κ1) is 19.6. The topological polar surface area (TPSA) is 53.6 Å². The zero-order chi connectivity index (χ0) is 16.2. The fourth-order valence-electron chi connectivity index (χ4n) is 3.35. The van der Waals surface area contributed by atoms with E-state index in [-0.39, 0.29) is 24.0 Å². The van der Waals surface area contributed by atoms with Crippen molar-refractivity contribution in [2.75, 3.05) is 31.1 Å². The lowest BCUT2D eigenvalue weighted by Gasteiger charge is -2.25. The highest BCUT2D eigenvalue weighted by atomic mass is 127. The third-order valence-electron chi connectivity index (χ3n) is 5.11. The van der Waals surface area contributed by atoms with Crippen LogP contribution in [0.4, 0.5) is 5.69 Å². The zero-order valence-corrected chi connectivity index (χ0v) is 17.4. The van der Waals surface area contributed by atoms with Crippen molar-refractivity contribution in [1.29, 1.82) is 0 Å². The summed E-state index contributed by atoms with van der Waals surface area (Å²) in [4.78, 5) is 6.95. The van der Waals surface area contributed by atoms with Crippen LogP contribution in [-0.4, -0.2) is 32.1 Å². The number of halogens is 2. The van der Waals surface area contributed by atoms with Gasteiger partial charge >= 0.3 is 0 Å². The Labute approximate surface area is 167 Å². The van der Waals surface area contributed by atoms with Gasteiger partial charge in [-0.2, -0.15) is 0 Å². The van der Waals surface area contributed by atoms with Crippen molar-refractivity contribution in [3.05, 3.63) is 28.8 Å². The number of rotatable bonds is 5. The van der Waals surface area contributed by atoms with Crippen LogP contribution in [-0.2, 0) is 0 Å². The first-order chi connectivity index (χ1) is 11.1. The quantitative estimate of drug-likeness (QED) is 0.398. The van der Waals surface area contributed by atoms with E-state index in [0.29, 0.717) is 11.9 Å². The van der Waals surface area contributed by atoms with Gasteiger partial charge in [0.2, 0.25) is 0 Å². The standard InChI is InChI=1S/C18H27ClN4.HI/c1-13-5-6-16(19)9-17(13)23-8-7-15(12-23)11-22-18(20)21-10-14-3-2-4-14;/h5-6,9,14-15H,2-4,7-8,10-12H2,1H3,(H3,20,21,22);1H. The molecular weight excluding hydrogens is 435 g/mol. The number of benzene rings is 1. The molecule has 0 amide bonds. The maximum Gasteiger partial charge on any atom is 0.188 e. The average molecular weight is 463 g/mol. The third kappa shape index (κ3) is 5.15. The molecule has 1 unspecified atom stereocenters. The number of hydrogen-bond donors (Lipinski definition) is 2. The van der Waals surface area contributed by atoms with Gasteiger partial charge in [-0.25, -0.2) is 0 Å². The van der Waals surface area contributed by atoms with Crippen LogP contribution in [0.5, 0.6) is 0 Å². The molecule has 134 valence electrons. The highest BCUT2D eigenvalue weighted by molar-refractivity contribution is 14.0. The molecule has 2 fully saturated rings. The van der Waals surface area contributed by atoms with Crippen molar-refractivity contribution in [3.8, 4) is 0 Å². The normalized spacial score (nSPS) is 21.3. The first-order valence-electron chi connectivity index (χ1n) is 8.66. The molecule has 1 aliphatic carbocycles. The van der Waals surface area contributed by atoms with E-state index in [1.165, 1.54) is 30.5 Å². The van der Waals surface area contributed by atoms with Gasteiger partial charge in [0, 0.05) is 36.9 Å². The molecule has 1 saturated heterocycles. The van der Waals surface area contributed by atoms with E-state index in [0.717, 1.165) is 43.5 Å². The molecule has 1 saturated carbocycles. The minimum Gasteiger partial charge on any atom is -0.371 e. The Morgan fingerprint density at radius 3 is 2.83 bits per heavy atom. The van der Waals surface area contributed by atoms with Crippen molar-refractivity contribution in [1.82, 2.24) is 5.32 Å². The van der Waals surface area contributed by atoms with Gasteiger partial charge in [0.25, 0.3) is 0 Å². The second kappa shape index (κ2) is 9.13. The molecule has 0 aromatic heterocycles. The van der Waals surface area contributed by atoms with E-state index in [2.05, 4.69) is 34.3 Å². The minimum atomic E-state index is 0. The Bertz CT molecular complexity index is 574. The van der Waals surface area contributed by atoms with Gasteiger partial charge in [-0.05, 0) is 55.7 Å².